The zero-order valence-electron chi connectivity index (χ0n) is 12.4. The van der Waals surface area contributed by atoms with Gasteiger partial charge in [0.2, 0.25) is 0 Å². The van der Waals surface area contributed by atoms with Crippen LogP contribution in [0.2, 0.25) is 0 Å². The highest BCUT2D eigenvalue weighted by atomic mass is 16.5. The molecule has 3 rings (SSSR count). The summed E-state index contributed by atoms with van der Waals surface area (Å²) in [6.07, 6.45) is 0.953. The van der Waals surface area contributed by atoms with E-state index in [0.29, 0.717) is 11.6 Å². The molecule has 108 valence electrons. The first kappa shape index (κ1) is 13.8. The van der Waals surface area contributed by atoms with Crippen LogP contribution >= 0.6 is 0 Å². The van der Waals surface area contributed by atoms with Crippen LogP contribution in [0.3, 0.4) is 0 Å². The van der Waals surface area contributed by atoms with Crippen LogP contribution in [-0.2, 0) is 17.7 Å². The third-order valence-corrected chi connectivity index (χ3v) is 4.17. The van der Waals surface area contributed by atoms with Gasteiger partial charge in [-0.15, -0.1) is 0 Å². The van der Waals surface area contributed by atoms with E-state index in [1.54, 1.807) is 0 Å². The van der Waals surface area contributed by atoms with Gasteiger partial charge in [0.05, 0.1) is 12.7 Å². The smallest absolute Gasteiger partial charge is 0.337 e. The summed E-state index contributed by atoms with van der Waals surface area (Å²) >= 11 is 0. The molecule has 0 bridgehead atoms. The highest BCUT2D eigenvalue weighted by molar-refractivity contribution is 5.89. The fraction of sp³-hybridized carbons (Fsp3) is 0.278. The Labute approximate surface area is 125 Å². The molecule has 1 aliphatic heterocycles. The molecular weight excluding hydrogens is 262 g/mol. The van der Waals surface area contributed by atoms with Crippen molar-refractivity contribution < 1.29 is 9.53 Å². The number of nitrogens with zero attached hydrogens (tertiary/aromatic N) is 1. The third kappa shape index (κ3) is 2.69. The summed E-state index contributed by atoms with van der Waals surface area (Å²) in [6, 6.07) is 16.7. The van der Waals surface area contributed by atoms with E-state index >= 15 is 0 Å². The lowest BCUT2D eigenvalue weighted by atomic mass is 9.98. The first-order chi connectivity index (χ1) is 10.2. The fourth-order valence-corrected chi connectivity index (χ4v) is 3.00. The molecule has 0 saturated carbocycles. The van der Waals surface area contributed by atoms with Crippen molar-refractivity contribution in [1.29, 1.82) is 0 Å². The molecule has 0 aliphatic carbocycles. The molecule has 0 radical (unpaired) electrons. The molecular formula is C18H19NO2. The molecule has 21 heavy (non-hydrogen) atoms. The zero-order chi connectivity index (χ0) is 14.8. The molecule has 0 amide bonds. The quantitative estimate of drug-likeness (QED) is 0.809. The minimum atomic E-state index is -0.287. The van der Waals surface area contributed by atoms with Gasteiger partial charge >= 0.3 is 5.97 Å². The van der Waals surface area contributed by atoms with Crippen LogP contribution in [0.4, 0.5) is 0 Å². The molecule has 1 heterocycles. The maximum Gasteiger partial charge on any atom is 0.337 e. The number of carbonyl (C=O) groups excluding carboxylic acids is 1. The van der Waals surface area contributed by atoms with E-state index in [-0.39, 0.29) is 5.97 Å². The SMILES string of the molecule is COC(=O)c1ccc(CC2c3ccccc3CN2C)cc1. The largest absolute Gasteiger partial charge is 0.465 e. The molecule has 0 aromatic heterocycles. The van der Waals surface area contributed by atoms with Crippen molar-refractivity contribution >= 4 is 5.97 Å². The predicted molar refractivity (Wildman–Crippen MR) is 82.1 cm³/mol. The molecule has 3 heteroatoms. The number of benzene rings is 2. The van der Waals surface area contributed by atoms with Gasteiger partial charge < -0.3 is 4.74 Å². The Morgan fingerprint density at radius 3 is 2.62 bits per heavy atom. The molecule has 3 nitrogen and oxygen atoms in total. The first-order valence-electron chi connectivity index (χ1n) is 7.14. The summed E-state index contributed by atoms with van der Waals surface area (Å²) in [5.74, 6) is -0.287. The highest BCUT2D eigenvalue weighted by Crippen LogP contribution is 2.34. The van der Waals surface area contributed by atoms with E-state index in [0.717, 1.165) is 13.0 Å². The van der Waals surface area contributed by atoms with E-state index in [1.165, 1.54) is 23.8 Å². The number of hydrogen-bond acceptors (Lipinski definition) is 3. The van der Waals surface area contributed by atoms with Crippen LogP contribution in [0, 0.1) is 0 Å². The third-order valence-electron chi connectivity index (χ3n) is 4.17. The van der Waals surface area contributed by atoms with Gasteiger partial charge in [0.15, 0.2) is 0 Å². The van der Waals surface area contributed by atoms with Crippen LogP contribution in [0.15, 0.2) is 48.5 Å². The van der Waals surface area contributed by atoms with Crippen LogP contribution in [0.25, 0.3) is 0 Å². The predicted octanol–water partition coefficient (Wildman–Crippen LogP) is 3.20. The molecule has 0 N–H and O–H groups in total. The molecule has 2 aromatic rings. The number of rotatable bonds is 3. The van der Waals surface area contributed by atoms with Gasteiger partial charge in [-0.2, -0.15) is 0 Å². The van der Waals surface area contributed by atoms with Crippen LogP contribution in [-0.4, -0.2) is 25.0 Å². The standard InChI is InChI=1S/C18H19NO2/c1-19-12-15-5-3-4-6-16(15)17(19)11-13-7-9-14(10-8-13)18(20)21-2/h3-10,17H,11-12H2,1-2H3. The second-order valence-electron chi connectivity index (χ2n) is 5.52. The highest BCUT2D eigenvalue weighted by Gasteiger charge is 2.26. The zero-order valence-corrected chi connectivity index (χ0v) is 12.4. The Balaban J connectivity index is 1.79. The van der Waals surface area contributed by atoms with Crippen molar-refractivity contribution in [3.63, 3.8) is 0 Å². The van der Waals surface area contributed by atoms with Crippen LogP contribution in [0.5, 0.6) is 0 Å². The number of esters is 1. The maximum absolute atomic E-state index is 11.5. The number of hydrogen-bond donors (Lipinski definition) is 0. The molecule has 1 atom stereocenters. The summed E-state index contributed by atoms with van der Waals surface area (Å²) in [5, 5.41) is 0. The average Bonchev–Trinajstić information content (AvgIpc) is 2.83. The Hall–Kier alpha value is -2.13. The topological polar surface area (TPSA) is 29.5 Å². The summed E-state index contributed by atoms with van der Waals surface area (Å²) in [7, 11) is 3.56. The summed E-state index contributed by atoms with van der Waals surface area (Å²) in [5.41, 5.74) is 4.66. The fourth-order valence-electron chi connectivity index (χ4n) is 3.00. The lowest BCUT2D eigenvalue weighted by molar-refractivity contribution is 0.0600. The van der Waals surface area contributed by atoms with Gasteiger partial charge in [-0.3, -0.25) is 4.90 Å². The van der Waals surface area contributed by atoms with E-state index in [9.17, 15) is 4.79 Å². The van der Waals surface area contributed by atoms with E-state index in [4.69, 9.17) is 4.74 Å². The lowest BCUT2D eigenvalue weighted by Gasteiger charge is -2.20. The van der Waals surface area contributed by atoms with Crippen molar-refractivity contribution in [2.45, 2.75) is 19.0 Å². The van der Waals surface area contributed by atoms with E-state index in [2.05, 4.69) is 36.2 Å². The minimum Gasteiger partial charge on any atom is -0.465 e. The van der Waals surface area contributed by atoms with Gasteiger partial charge in [0.25, 0.3) is 0 Å². The van der Waals surface area contributed by atoms with Crippen molar-refractivity contribution in [2.24, 2.45) is 0 Å². The minimum absolute atomic E-state index is 0.287. The molecule has 1 aliphatic rings. The van der Waals surface area contributed by atoms with E-state index in [1.807, 2.05) is 24.3 Å². The molecule has 2 aromatic carbocycles. The number of likely N-dealkylation sites (N-methyl/N-ethyl adjacent to an activating group) is 1. The summed E-state index contributed by atoms with van der Waals surface area (Å²) < 4.78 is 4.73. The Bertz CT molecular complexity index is 649. The second-order valence-corrected chi connectivity index (χ2v) is 5.52. The number of fused-ring (bicyclic) bond motifs is 1. The number of ether oxygens (including phenoxy) is 1. The molecule has 1 unspecified atom stereocenters. The molecule has 0 saturated heterocycles. The monoisotopic (exact) mass is 281 g/mol. The molecule has 0 spiro atoms. The van der Waals surface area contributed by atoms with Crippen molar-refractivity contribution in [3.8, 4) is 0 Å². The van der Waals surface area contributed by atoms with Gasteiger partial charge in [-0.05, 0) is 42.3 Å². The van der Waals surface area contributed by atoms with Crippen molar-refractivity contribution in [3.05, 3.63) is 70.8 Å². The number of carbonyl (C=O) groups is 1. The van der Waals surface area contributed by atoms with Gasteiger partial charge in [-0.25, -0.2) is 4.79 Å². The second kappa shape index (κ2) is 5.70. The van der Waals surface area contributed by atoms with Gasteiger partial charge in [-0.1, -0.05) is 36.4 Å². The maximum atomic E-state index is 11.5. The molecule has 0 fully saturated rings. The van der Waals surface area contributed by atoms with Gasteiger partial charge in [0.1, 0.15) is 0 Å². The van der Waals surface area contributed by atoms with Crippen LogP contribution in [0.1, 0.15) is 33.1 Å². The average molecular weight is 281 g/mol. The number of methoxy groups -OCH3 is 1. The van der Waals surface area contributed by atoms with Gasteiger partial charge in [0, 0.05) is 12.6 Å². The Morgan fingerprint density at radius 2 is 1.90 bits per heavy atom. The Kier molecular flexibility index (Phi) is 3.76. The van der Waals surface area contributed by atoms with Crippen molar-refractivity contribution in [2.75, 3.05) is 14.2 Å². The van der Waals surface area contributed by atoms with E-state index < -0.39 is 0 Å². The summed E-state index contributed by atoms with van der Waals surface area (Å²) in [6.45, 7) is 1.00. The lowest BCUT2D eigenvalue weighted by Crippen LogP contribution is -2.18. The first-order valence-corrected chi connectivity index (χ1v) is 7.14. The summed E-state index contributed by atoms with van der Waals surface area (Å²) in [4.78, 5) is 13.8. The normalized spacial score (nSPS) is 17.5. The van der Waals surface area contributed by atoms with Crippen molar-refractivity contribution in [1.82, 2.24) is 4.90 Å². The Morgan fingerprint density at radius 1 is 1.19 bits per heavy atom. The van der Waals surface area contributed by atoms with Crippen LogP contribution < -0.4 is 0 Å².